The summed E-state index contributed by atoms with van der Waals surface area (Å²) in [6.07, 6.45) is 1.06. The maximum Gasteiger partial charge on any atom is 0.0766 e. The van der Waals surface area contributed by atoms with E-state index in [0.717, 1.165) is 30.9 Å². The third-order valence-corrected chi connectivity index (χ3v) is 3.19. The molecule has 1 aromatic carbocycles. The summed E-state index contributed by atoms with van der Waals surface area (Å²) in [6.45, 7) is 5.49. The monoisotopic (exact) mass is 230 g/mol. The first-order chi connectivity index (χ1) is 8.12. The zero-order valence-corrected chi connectivity index (χ0v) is 10.4. The molecule has 90 valence electrons. The number of nitriles is 1. The van der Waals surface area contributed by atoms with Gasteiger partial charge in [-0.2, -0.15) is 5.26 Å². The first kappa shape index (κ1) is 11.9. The number of rotatable bonds is 3. The molecule has 0 radical (unpaired) electrons. The third kappa shape index (κ3) is 2.78. The van der Waals surface area contributed by atoms with Crippen LogP contribution in [0.3, 0.4) is 0 Å². The summed E-state index contributed by atoms with van der Waals surface area (Å²) < 4.78 is 5.32. The molecule has 1 heterocycles. The second-order valence-corrected chi connectivity index (χ2v) is 5.02. The van der Waals surface area contributed by atoms with Gasteiger partial charge in [-0.25, -0.2) is 0 Å². The maximum atomic E-state index is 9.06. The zero-order chi connectivity index (χ0) is 12.3. The molecule has 3 heteroatoms. The molecule has 1 aromatic rings. The summed E-state index contributed by atoms with van der Waals surface area (Å²) in [5.74, 6) is 0. The van der Waals surface area contributed by atoms with E-state index in [1.54, 1.807) is 0 Å². The molecule has 1 N–H and O–H groups in total. The van der Waals surface area contributed by atoms with Crippen LogP contribution in [0, 0.1) is 11.3 Å². The van der Waals surface area contributed by atoms with Crippen LogP contribution in [0.1, 0.15) is 25.8 Å². The zero-order valence-electron chi connectivity index (χ0n) is 10.4. The number of benzene rings is 1. The number of nitrogens with zero attached hydrogens (tertiary/aromatic N) is 1. The first-order valence-electron chi connectivity index (χ1n) is 5.98. The van der Waals surface area contributed by atoms with Crippen LogP contribution in [-0.2, 0) is 10.2 Å². The van der Waals surface area contributed by atoms with Gasteiger partial charge in [0.2, 0.25) is 0 Å². The lowest BCUT2D eigenvalue weighted by Gasteiger charge is -2.17. The van der Waals surface area contributed by atoms with Crippen molar-refractivity contribution in [3.05, 3.63) is 29.8 Å². The molecule has 0 aliphatic carbocycles. The Morgan fingerprint density at radius 3 is 2.59 bits per heavy atom. The standard InChI is InChI=1S/C14H18N2O/c1-14(2,10-15)11-3-5-12(6-4-11)16-13-7-8-17-9-13/h3-6,13,16H,7-9H2,1-2H3. The van der Waals surface area contributed by atoms with Crippen LogP contribution < -0.4 is 5.32 Å². The Labute approximate surface area is 102 Å². The Kier molecular flexibility index (Phi) is 3.35. The summed E-state index contributed by atoms with van der Waals surface area (Å²) in [4.78, 5) is 0. The van der Waals surface area contributed by atoms with Crippen molar-refractivity contribution in [2.45, 2.75) is 31.7 Å². The van der Waals surface area contributed by atoms with Gasteiger partial charge in [-0.3, -0.25) is 0 Å². The van der Waals surface area contributed by atoms with Crippen molar-refractivity contribution in [2.75, 3.05) is 18.5 Å². The minimum atomic E-state index is -0.422. The van der Waals surface area contributed by atoms with Crippen LogP contribution in [0.4, 0.5) is 5.69 Å². The summed E-state index contributed by atoms with van der Waals surface area (Å²) in [7, 11) is 0. The predicted octanol–water partition coefficient (Wildman–Crippen LogP) is 2.69. The van der Waals surface area contributed by atoms with Gasteiger partial charge in [0.25, 0.3) is 0 Å². The van der Waals surface area contributed by atoms with Crippen LogP contribution in [0.5, 0.6) is 0 Å². The highest BCUT2D eigenvalue weighted by atomic mass is 16.5. The summed E-state index contributed by atoms with van der Waals surface area (Å²) in [5.41, 5.74) is 1.72. The summed E-state index contributed by atoms with van der Waals surface area (Å²) >= 11 is 0. The van der Waals surface area contributed by atoms with Gasteiger partial charge in [0.1, 0.15) is 0 Å². The quantitative estimate of drug-likeness (QED) is 0.868. The van der Waals surface area contributed by atoms with E-state index in [9.17, 15) is 0 Å². The van der Waals surface area contributed by atoms with E-state index in [0.29, 0.717) is 6.04 Å². The number of ether oxygens (including phenoxy) is 1. The lowest BCUT2D eigenvalue weighted by molar-refractivity contribution is 0.195. The molecule has 1 atom stereocenters. The second kappa shape index (κ2) is 4.77. The maximum absolute atomic E-state index is 9.06. The van der Waals surface area contributed by atoms with Crippen molar-refractivity contribution < 1.29 is 4.74 Å². The molecule has 1 aliphatic rings. The second-order valence-electron chi connectivity index (χ2n) is 5.02. The van der Waals surface area contributed by atoms with Crippen LogP contribution in [0.15, 0.2) is 24.3 Å². The molecular formula is C14H18N2O. The Morgan fingerprint density at radius 2 is 2.06 bits per heavy atom. The molecule has 0 aromatic heterocycles. The fraction of sp³-hybridized carbons (Fsp3) is 0.500. The molecule has 3 nitrogen and oxygen atoms in total. The number of hydrogen-bond donors (Lipinski definition) is 1. The van der Waals surface area contributed by atoms with Gasteiger partial charge >= 0.3 is 0 Å². The lowest BCUT2D eigenvalue weighted by Crippen LogP contribution is -2.19. The number of nitrogens with one attached hydrogen (secondary N) is 1. The summed E-state index contributed by atoms with van der Waals surface area (Å²) in [6, 6.07) is 10.8. The van der Waals surface area contributed by atoms with Gasteiger partial charge in [-0.15, -0.1) is 0 Å². The molecular weight excluding hydrogens is 212 g/mol. The van der Waals surface area contributed by atoms with E-state index in [1.165, 1.54) is 0 Å². The van der Waals surface area contributed by atoms with Gasteiger partial charge in [0.15, 0.2) is 0 Å². The van der Waals surface area contributed by atoms with Crippen LogP contribution in [0.25, 0.3) is 0 Å². The Bertz CT molecular complexity index is 411. The van der Waals surface area contributed by atoms with Crippen LogP contribution >= 0.6 is 0 Å². The Balaban J connectivity index is 2.05. The van der Waals surface area contributed by atoms with Gasteiger partial charge in [0.05, 0.1) is 24.1 Å². The first-order valence-corrected chi connectivity index (χ1v) is 5.98. The largest absolute Gasteiger partial charge is 0.380 e. The average Bonchev–Trinajstić information content (AvgIpc) is 2.83. The van der Waals surface area contributed by atoms with E-state index < -0.39 is 5.41 Å². The predicted molar refractivity (Wildman–Crippen MR) is 67.9 cm³/mol. The normalized spacial score (nSPS) is 19.9. The minimum absolute atomic E-state index is 0.421. The number of hydrogen-bond acceptors (Lipinski definition) is 3. The Morgan fingerprint density at radius 1 is 1.35 bits per heavy atom. The molecule has 0 spiro atoms. The van der Waals surface area contributed by atoms with Crippen LogP contribution in [0.2, 0.25) is 0 Å². The van der Waals surface area contributed by atoms with Crippen molar-refractivity contribution in [1.29, 1.82) is 5.26 Å². The molecule has 17 heavy (non-hydrogen) atoms. The molecule has 1 unspecified atom stereocenters. The summed E-state index contributed by atoms with van der Waals surface area (Å²) in [5, 5.41) is 12.5. The molecule has 2 rings (SSSR count). The highest BCUT2D eigenvalue weighted by Gasteiger charge is 2.20. The molecule has 0 saturated carbocycles. The number of anilines is 1. The molecule has 0 amide bonds. The molecule has 0 bridgehead atoms. The fourth-order valence-corrected chi connectivity index (χ4v) is 1.93. The minimum Gasteiger partial charge on any atom is -0.380 e. The van der Waals surface area contributed by atoms with Crippen molar-refractivity contribution in [3.63, 3.8) is 0 Å². The average molecular weight is 230 g/mol. The van der Waals surface area contributed by atoms with Crippen LogP contribution in [-0.4, -0.2) is 19.3 Å². The van der Waals surface area contributed by atoms with E-state index in [-0.39, 0.29) is 0 Å². The smallest absolute Gasteiger partial charge is 0.0766 e. The topological polar surface area (TPSA) is 45.0 Å². The molecule has 1 aliphatic heterocycles. The molecule has 1 fully saturated rings. The SMILES string of the molecule is CC(C)(C#N)c1ccc(NC2CCOC2)cc1. The van der Waals surface area contributed by atoms with Crippen molar-refractivity contribution in [2.24, 2.45) is 0 Å². The van der Waals surface area contributed by atoms with E-state index in [1.807, 2.05) is 38.1 Å². The fourth-order valence-electron chi connectivity index (χ4n) is 1.93. The van der Waals surface area contributed by atoms with E-state index in [2.05, 4.69) is 11.4 Å². The van der Waals surface area contributed by atoms with Gasteiger partial charge in [-0.05, 0) is 38.0 Å². The van der Waals surface area contributed by atoms with Gasteiger partial charge in [0, 0.05) is 12.3 Å². The molecule has 1 saturated heterocycles. The highest BCUT2D eigenvalue weighted by Crippen LogP contribution is 2.24. The van der Waals surface area contributed by atoms with Gasteiger partial charge < -0.3 is 10.1 Å². The van der Waals surface area contributed by atoms with Crippen molar-refractivity contribution in [1.82, 2.24) is 0 Å². The van der Waals surface area contributed by atoms with Crippen molar-refractivity contribution in [3.8, 4) is 6.07 Å². The highest BCUT2D eigenvalue weighted by molar-refractivity contribution is 5.47. The van der Waals surface area contributed by atoms with Gasteiger partial charge in [-0.1, -0.05) is 12.1 Å². The van der Waals surface area contributed by atoms with Crippen molar-refractivity contribution >= 4 is 5.69 Å². The Hall–Kier alpha value is -1.53. The third-order valence-electron chi connectivity index (χ3n) is 3.19. The van der Waals surface area contributed by atoms with E-state index in [4.69, 9.17) is 10.00 Å². The van der Waals surface area contributed by atoms with E-state index >= 15 is 0 Å². The lowest BCUT2D eigenvalue weighted by atomic mass is 9.86.